The predicted molar refractivity (Wildman–Crippen MR) is 97.6 cm³/mol. The molecule has 0 aromatic heterocycles. The number of carbonyl (C=O) groups is 1. The zero-order chi connectivity index (χ0) is 17.5. The fraction of sp³-hybridized carbons (Fsp3) is 0.316. The molecular weight excluding hydrogens is 372 g/mol. The highest BCUT2D eigenvalue weighted by molar-refractivity contribution is 9.10. The lowest BCUT2D eigenvalue weighted by Gasteiger charge is -2.14. The zero-order valence-corrected chi connectivity index (χ0v) is 15.7. The van der Waals surface area contributed by atoms with E-state index in [0.717, 1.165) is 34.1 Å². The maximum atomic E-state index is 10.8. The summed E-state index contributed by atoms with van der Waals surface area (Å²) >= 11 is 3.48. The van der Waals surface area contributed by atoms with E-state index < -0.39 is 0 Å². The molecule has 0 N–H and O–H groups in total. The molecule has 0 atom stereocenters. The first kappa shape index (κ1) is 18.3. The van der Waals surface area contributed by atoms with Crippen molar-refractivity contribution >= 4 is 22.2 Å². The molecule has 0 radical (unpaired) electrons. The van der Waals surface area contributed by atoms with Crippen LogP contribution in [0.5, 0.6) is 17.2 Å². The molecule has 0 aliphatic rings. The van der Waals surface area contributed by atoms with E-state index in [2.05, 4.69) is 15.9 Å². The number of aldehydes is 1. The number of methoxy groups -OCH3 is 1. The second-order valence-electron chi connectivity index (χ2n) is 5.45. The van der Waals surface area contributed by atoms with Gasteiger partial charge in [-0.3, -0.25) is 4.79 Å². The van der Waals surface area contributed by atoms with E-state index in [0.29, 0.717) is 30.3 Å². The van der Waals surface area contributed by atoms with Gasteiger partial charge in [-0.25, -0.2) is 0 Å². The van der Waals surface area contributed by atoms with Crippen LogP contribution < -0.4 is 14.2 Å². The molecule has 0 aliphatic carbocycles. The van der Waals surface area contributed by atoms with Gasteiger partial charge in [0.1, 0.15) is 12.0 Å². The van der Waals surface area contributed by atoms with Crippen LogP contribution in [0.15, 0.2) is 34.8 Å². The third-order valence-corrected chi connectivity index (χ3v) is 4.00. The van der Waals surface area contributed by atoms with Gasteiger partial charge in [-0.15, -0.1) is 0 Å². The molecule has 2 rings (SSSR count). The van der Waals surface area contributed by atoms with Crippen molar-refractivity contribution in [3.05, 3.63) is 51.5 Å². The lowest BCUT2D eigenvalue weighted by atomic mass is 10.1. The Hall–Kier alpha value is -2.01. The average molecular weight is 393 g/mol. The lowest BCUT2D eigenvalue weighted by molar-refractivity contribution is 0.112. The summed E-state index contributed by atoms with van der Waals surface area (Å²) in [7, 11) is 1.55. The Morgan fingerprint density at radius 1 is 1.00 bits per heavy atom. The third kappa shape index (κ3) is 4.74. The fourth-order valence-electron chi connectivity index (χ4n) is 2.42. The molecular formula is C19H21BrO4. The summed E-state index contributed by atoms with van der Waals surface area (Å²) < 4.78 is 17.9. The molecule has 0 bridgehead atoms. The van der Waals surface area contributed by atoms with Gasteiger partial charge in [-0.2, -0.15) is 0 Å². The van der Waals surface area contributed by atoms with Gasteiger partial charge >= 0.3 is 0 Å². The van der Waals surface area contributed by atoms with Gasteiger partial charge in [-0.1, -0.05) is 15.9 Å². The van der Waals surface area contributed by atoms with Crippen molar-refractivity contribution in [2.45, 2.75) is 20.3 Å². The van der Waals surface area contributed by atoms with Crippen LogP contribution in [-0.2, 0) is 0 Å². The topological polar surface area (TPSA) is 44.8 Å². The summed E-state index contributed by atoms with van der Waals surface area (Å²) in [6.07, 6.45) is 1.52. The van der Waals surface area contributed by atoms with Crippen molar-refractivity contribution in [3.63, 3.8) is 0 Å². The van der Waals surface area contributed by atoms with Crippen LogP contribution in [0.3, 0.4) is 0 Å². The van der Waals surface area contributed by atoms with Crippen molar-refractivity contribution < 1.29 is 19.0 Å². The van der Waals surface area contributed by atoms with Gasteiger partial charge in [0.05, 0.1) is 20.3 Å². The summed E-state index contributed by atoms with van der Waals surface area (Å²) in [5, 5.41) is 0. The molecule has 4 nitrogen and oxygen atoms in total. The van der Waals surface area contributed by atoms with Crippen LogP contribution in [0, 0.1) is 13.8 Å². The van der Waals surface area contributed by atoms with E-state index >= 15 is 0 Å². The van der Waals surface area contributed by atoms with Crippen LogP contribution in [0.25, 0.3) is 0 Å². The Labute approximate surface area is 150 Å². The molecule has 5 heteroatoms. The Kier molecular flexibility index (Phi) is 6.67. The Morgan fingerprint density at radius 2 is 1.67 bits per heavy atom. The van der Waals surface area contributed by atoms with E-state index in [1.165, 1.54) is 0 Å². The minimum atomic E-state index is 0.505. The maximum absolute atomic E-state index is 10.8. The molecule has 24 heavy (non-hydrogen) atoms. The second kappa shape index (κ2) is 8.73. The molecule has 2 aromatic carbocycles. The first-order valence-electron chi connectivity index (χ1n) is 7.70. The first-order chi connectivity index (χ1) is 11.5. The number of carbonyl (C=O) groups excluding carboxylic acids is 1. The molecule has 0 spiro atoms. The van der Waals surface area contributed by atoms with Gasteiger partial charge in [0.2, 0.25) is 0 Å². The van der Waals surface area contributed by atoms with Gasteiger partial charge in [0.15, 0.2) is 11.5 Å². The van der Waals surface area contributed by atoms with Crippen molar-refractivity contribution in [1.29, 1.82) is 0 Å². The van der Waals surface area contributed by atoms with Crippen LogP contribution >= 0.6 is 15.9 Å². The second-order valence-corrected chi connectivity index (χ2v) is 6.36. The van der Waals surface area contributed by atoms with E-state index in [4.69, 9.17) is 14.2 Å². The van der Waals surface area contributed by atoms with Crippen molar-refractivity contribution in [1.82, 2.24) is 0 Å². The molecule has 0 unspecified atom stereocenters. The summed E-state index contributed by atoms with van der Waals surface area (Å²) in [4.78, 5) is 10.8. The monoisotopic (exact) mass is 392 g/mol. The van der Waals surface area contributed by atoms with Crippen LogP contribution in [-0.4, -0.2) is 26.6 Å². The summed E-state index contributed by atoms with van der Waals surface area (Å²) in [6, 6.07) is 9.19. The lowest BCUT2D eigenvalue weighted by Crippen LogP contribution is -2.07. The Balaban J connectivity index is 1.85. The van der Waals surface area contributed by atoms with Crippen LogP contribution in [0.1, 0.15) is 27.9 Å². The summed E-state index contributed by atoms with van der Waals surface area (Å²) in [5.41, 5.74) is 2.77. The molecule has 128 valence electrons. The smallest absolute Gasteiger partial charge is 0.161 e. The largest absolute Gasteiger partial charge is 0.493 e. The van der Waals surface area contributed by atoms with Crippen LogP contribution in [0.2, 0.25) is 0 Å². The van der Waals surface area contributed by atoms with Gasteiger partial charge in [0.25, 0.3) is 0 Å². The van der Waals surface area contributed by atoms with Gasteiger partial charge in [-0.05, 0) is 55.3 Å². The van der Waals surface area contributed by atoms with E-state index in [-0.39, 0.29) is 0 Å². The minimum absolute atomic E-state index is 0.505. The average Bonchev–Trinajstić information content (AvgIpc) is 2.56. The SMILES string of the molecule is COc1cc(C=O)ccc1OCCCOc1c(C)cc(Br)cc1C. The molecule has 0 aliphatic heterocycles. The zero-order valence-electron chi connectivity index (χ0n) is 14.1. The quantitative estimate of drug-likeness (QED) is 0.480. The molecule has 0 saturated carbocycles. The first-order valence-corrected chi connectivity index (χ1v) is 8.50. The van der Waals surface area contributed by atoms with E-state index in [9.17, 15) is 4.79 Å². The van der Waals surface area contributed by atoms with Gasteiger partial charge < -0.3 is 14.2 Å². The number of ether oxygens (including phenoxy) is 3. The summed E-state index contributed by atoms with van der Waals surface area (Å²) in [5.74, 6) is 2.10. The van der Waals surface area contributed by atoms with Gasteiger partial charge in [0, 0.05) is 16.5 Å². The third-order valence-electron chi connectivity index (χ3n) is 3.54. The molecule has 0 saturated heterocycles. The number of hydrogen-bond acceptors (Lipinski definition) is 4. The highest BCUT2D eigenvalue weighted by atomic mass is 79.9. The standard InChI is InChI=1S/C19H21BrO4/c1-13-9-16(20)10-14(2)19(13)24-8-4-7-23-17-6-5-15(12-21)11-18(17)22-3/h5-6,9-12H,4,7-8H2,1-3H3. The van der Waals surface area contributed by atoms with Crippen molar-refractivity contribution in [2.24, 2.45) is 0 Å². The normalized spacial score (nSPS) is 10.3. The minimum Gasteiger partial charge on any atom is -0.493 e. The van der Waals surface area contributed by atoms with Crippen molar-refractivity contribution in [3.8, 4) is 17.2 Å². The highest BCUT2D eigenvalue weighted by Gasteiger charge is 2.07. The molecule has 0 amide bonds. The molecule has 2 aromatic rings. The Bertz CT molecular complexity index is 690. The molecule has 0 heterocycles. The summed E-state index contributed by atoms with van der Waals surface area (Å²) in [6.45, 7) is 5.13. The number of halogens is 1. The van der Waals surface area contributed by atoms with Crippen molar-refractivity contribution in [2.75, 3.05) is 20.3 Å². The highest BCUT2D eigenvalue weighted by Crippen LogP contribution is 2.28. The van der Waals surface area contributed by atoms with Crippen LogP contribution in [0.4, 0.5) is 0 Å². The number of hydrogen-bond donors (Lipinski definition) is 0. The number of rotatable bonds is 8. The maximum Gasteiger partial charge on any atom is 0.161 e. The number of benzene rings is 2. The Morgan fingerprint density at radius 3 is 2.29 bits per heavy atom. The molecule has 0 fully saturated rings. The van der Waals surface area contributed by atoms with E-state index in [1.54, 1.807) is 25.3 Å². The predicted octanol–water partition coefficient (Wildman–Crippen LogP) is 4.73. The van der Waals surface area contributed by atoms with E-state index in [1.807, 2.05) is 26.0 Å². The fourth-order valence-corrected chi connectivity index (χ4v) is 3.10. The number of aryl methyl sites for hydroxylation is 2.